The molecule has 0 aliphatic carbocycles. The summed E-state index contributed by atoms with van der Waals surface area (Å²) in [5.41, 5.74) is 4.55. The molecule has 31 heavy (non-hydrogen) atoms. The summed E-state index contributed by atoms with van der Waals surface area (Å²) in [5, 5.41) is 5.97. The fourth-order valence-corrected chi connectivity index (χ4v) is 3.84. The van der Waals surface area contributed by atoms with E-state index < -0.39 is 0 Å². The molecule has 1 fully saturated rings. The van der Waals surface area contributed by atoms with Crippen LogP contribution in [0.2, 0.25) is 0 Å². The van der Waals surface area contributed by atoms with Gasteiger partial charge in [0.1, 0.15) is 0 Å². The van der Waals surface area contributed by atoms with E-state index in [0.29, 0.717) is 16.8 Å². The maximum absolute atomic E-state index is 13.0. The molecule has 5 heteroatoms. The molecule has 2 amide bonds. The lowest BCUT2D eigenvalue weighted by Gasteiger charge is -2.18. The van der Waals surface area contributed by atoms with Gasteiger partial charge in [0.2, 0.25) is 0 Å². The summed E-state index contributed by atoms with van der Waals surface area (Å²) < 4.78 is 0. The second-order valence-electron chi connectivity index (χ2n) is 7.94. The third-order valence-electron chi connectivity index (χ3n) is 5.64. The minimum atomic E-state index is -0.197. The number of aryl methyl sites for hydroxylation is 1. The zero-order valence-corrected chi connectivity index (χ0v) is 17.7. The average molecular weight is 414 g/mol. The minimum absolute atomic E-state index is 0.191. The van der Waals surface area contributed by atoms with Crippen LogP contribution in [0.15, 0.2) is 72.8 Å². The van der Waals surface area contributed by atoms with Gasteiger partial charge in [-0.3, -0.25) is 14.5 Å². The zero-order chi connectivity index (χ0) is 21.6. The van der Waals surface area contributed by atoms with Crippen molar-refractivity contribution in [3.8, 4) is 0 Å². The number of rotatable bonds is 6. The lowest BCUT2D eigenvalue weighted by Crippen LogP contribution is -2.20. The number of amides is 2. The number of nitrogens with one attached hydrogen (secondary N) is 2. The lowest BCUT2D eigenvalue weighted by atomic mass is 10.1. The smallest absolute Gasteiger partial charge is 0.255 e. The molecule has 158 valence electrons. The molecule has 0 atom stereocenters. The van der Waals surface area contributed by atoms with Gasteiger partial charge in [0.15, 0.2) is 0 Å². The Balaban J connectivity index is 1.49. The molecule has 0 radical (unpaired) electrons. The number of benzene rings is 3. The normalized spacial score (nSPS) is 13.7. The number of nitrogens with zero attached hydrogens (tertiary/aromatic N) is 1. The Morgan fingerprint density at radius 2 is 1.42 bits per heavy atom. The first-order chi connectivity index (χ1) is 15.1. The van der Waals surface area contributed by atoms with Gasteiger partial charge in [-0.15, -0.1) is 0 Å². The second kappa shape index (κ2) is 9.58. The molecule has 0 spiro atoms. The highest BCUT2D eigenvalue weighted by atomic mass is 16.2. The highest BCUT2D eigenvalue weighted by molar-refractivity contribution is 6.08. The van der Waals surface area contributed by atoms with Crippen molar-refractivity contribution in [1.82, 2.24) is 4.90 Å². The van der Waals surface area contributed by atoms with Gasteiger partial charge in [0, 0.05) is 29.0 Å². The summed E-state index contributed by atoms with van der Waals surface area (Å²) in [6.07, 6.45) is 2.46. The first kappa shape index (κ1) is 20.8. The molecular weight excluding hydrogens is 386 g/mol. The summed E-state index contributed by atoms with van der Waals surface area (Å²) in [7, 11) is 0. The number of carbonyl (C=O) groups is 2. The molecule has 0 aromatic heterocycles. The van der Waals surface area contributed by atoms with Gasteiger partial charge in [0.25, 0.3) is 11.8 Å². The molecule has 1 aliphatic heterocycles. The van der Waals surface area contributed by atoms with Crippen molar-refractivity contribution in [3.63, 3.8) is 0 Å². The second-order valence-corrected chi connectivity index (χ2v) is 7.94. The molecule has 1 heterocycles. The van der Waals surface area contributed by atoms with Crippen LogP contribution in [0.4, 0.5) is 11.4 Å². The van der Waals surface area contributed by atoms with Gasteiger partial charge >= 0.3 is 0 Å². The monoisotopic (exact) mass is 413 g/mol. The Bertz CT molecular complexity index is 1070. The van der Waals surface area contributed by atoms with Gasteiger partial charge in [-0.1, -0.05) is 42.5 Å². The van der Waals surface area contributed by atoms with Crippen molar-refractivity contribution >= 4 is 23.2 Å². The molecule has 5 nitrogen and oxygen atoms in total. The topological polar surface area (TPSA) is 61.4 Å². The fourth-order valence-electron chi connectivity index (χ4n) is 3.84. The van der Waals surface area contributed by atoms with Crippen molar-refractivity contribution < 1.29 is 9.59 Å². The van der Waals surface area contributed by atoms with Gasteiger partial charge in [-0.25, -0.2) is 0 Å². The SMILES string of the molecule is Cc1ccc(C(=O)Nc2ccccc2CN2CCCC2)cc1NC(=O)c1ccccc1. The molecule has 4 rings (SSSR count). The van der Waals surface area contributed by atoms with Gasteiger partial charge < -0.3 is 10.6 Å². The Hall–Kier alpha value is -3.44. The Morgan fingerprint density at radius 1 is 0.774 bits per heavy atom. The van der Waals surface area contributed by atoms with Crippen molar-refractivity contribution in [2.75, 3.05) is 23.7 Å². The minimum Gasteiger partial charge on any atom is -0.322 e. The Labute approximate surface area is 183 Å². The molecule has 0 unspecified atom stereocenters. The fraction of sp³-hybridized carbons (Fsp3) is 0.231. The number of hydrogen-bond donors (Lipinski definition) is 2. The van der Waals surface area contributed by atoms with E-state index in [0.717, 1.165) is 36.4 Å². The number of carbonyl (C=O) groups excluding carboxylic acids is 2. The van der Waals surface area contributed by atoms with Crippen LogP contribution in [0.3, 0.4) is 0 Å². The van der Waals surface area contributed by atoms with Crippen molar-refractivity contribution in [3.05, 3.63) is 95.1 Å². The predicted molar refractivity (Wildman–Crippen MR) is 124 cm³/mol. The number of hydrogen-bond acceptors (Lipinski definition) is 3. The standard InChI is InChI=1S/C26H27N3O2/c1-19-13-14-21(17-24(19)28-25(30)20-9-3-2-4-10-20)26(31)27-23-12-6-5-11-22(23)18-29-15-7-8-16-29/h2-6,9-14,17H,7-8,15-16,18H2,1H3,(H,27,31)(H,28,30). The van der Waals surface area contributed by atoms with Crippen molar-refractivity contribution in [2.24, 2.45) is 0 Å². The highest BCUT2D eigenvalue weighted by Crippen LogP contribution is 2.22. The molecule has 0 saturated carbocycles. The summed E-state index contributed by atoms with van der Waals surface area (Å²) in [5.74, 6) is -0.388. The van der Waals surface area contributed by atoms with E-state index in [1.165, 1.54) is 12.8 Å². The highest BCUT2D eigenvalue weighted by Gasteiger charge is 2.16. The zero-order valence-electron chi connectivity index (χ0n) is 17.7. The van der Waals surface area contributed by atoms with E-state index in [1.54, 1.807) is 24.3 Å². The average Bonchev–Trinajstić information content (AvgIpc) is 3.30. The molecule has 1 saturated heterocycles. The predicted octanol–water partition coefficient (Wildman–Crippen LogP) is 5.10. The molecular formula is C26H27N3O2. The first-order valence-corrected chi connectivity index (χ1v) is 10.7. The molecule has 3 aromatic rings. The lowest BCUT2D eigenvalue weighted by molar-refractivity contribution is 0.101. The van der Waals surface area contributed by atoms with Crippen LogP contribution in [0.1, 0.15) is 44.7 Å². The van der Waals surface area contributed by atoms with Gasteiger partial charge in [0.05, 0.1) is 0 Å². The van der Waals surface area contributed by atoms with E-state index >= 15 is 0 Å². The van der Waals surface area contributed by atoms with Crippen LogP contribution >= 0.6 is 0 Å². The summed E-state index contributed by atoms with van der Waals surface area (Å²) in [6.45, 7) is 4.95. The van der Waals surface area contributed by atoms with E-state index in [-0.39, 0.29) is 11.8 Å². The molecule has 3 aromatic carbocycles. The van der Waals surface area contributed by atoms with Crippen LogP contribution < -0.4 is 10.6 Å². The third kappa shape index (κ3) is 5.19. The number of para-hydroxylation sites is 1. The summed E-state index contributed by atoms with van der Waals surface area (Å²) >= 11 is 0. The number of anilines is 2. The van der Waals surface area contributed by atoms with Gasteiger partial charge in [-0.05, 0) is 74.3 Å². The molecule has 2 N–H and O–H groups in total. The van der Waals surface area contributed by atoms with Crippen molar-refractivity contribution in [2.45, 2.75) is 26.3 Å². The number of likely N-dealkylation sites (tertiary alicyclic amines) is 1. The Morgan fingerprint density at radius 3 is 2.19 bits per heavy atom. The van der Waals surface area contributed by atoms with E-state index in [4.69, 9.17) is 0 Å². The maximum atomic E-state index is 13.0. The molecule has 0 bridgehead atoms. The first-order valence-electron chi connectivity index (χ1n) is 10.7. The van der Waals surface area contributed by atoms with E-state index in [1.807, 2.05) is 49.4 Å². The maximum Gasteiger partial charge on any atom is 0.255 e. The van der Waals surface area contributed by atoms with Gasteiger partial charge in [-0.2, -0.15) is 0 Å². The Kier molecular flexibility index (Phi) is 6.43. The van der Waals surface area contributed by atoms with E-state index in [2.05, 4.69) is 21.6 Å². The largest absolute Gasteiger partial charge is 0.322 e. The van der Waals surface area contributed by atoms with Crippen LogP contribution in [0.5, 0.6) is 0 Å². The third-order valence-corrected chi connectivity index (χ3v) is 5.64. The van der Waals surface area contributed by atoms with Crippen molar-refractivity contribution in [1.29, 1.82) is 0 Å². The van der Waals surface area contributed by atoms with Crippen LogP contribution in [-0.2, 0) is 6.54 Å². The summed E-state index contributed by atoms with van der Waals surface area (Å²) in [4.78, 5) is 27.9. The summed E-state index contributed by atoms with van der Waals surface area (Å²) in [6, 6.07) is 22.4. The van der Waals surface area contributed by atoms with Crippen LogP contribution in [0.25, 0.3) is 0 Å². The van der Waals surface area contributed by atoms with Crippen LogP contribution in [-0.4, -0.2) is 29.8 Å². The molecule has 1 aliphatic rings. The van der Waals surface area contributed by atoms with E-state index in [9.17, 15) is 9.59 Å². The quantitative estimate of drug-likeness (QED) is 0.591. The van der Waals surface area contributed by atoms with Crippen LogP contribution in [0, 0.1) is 6.92 Å².